The molecule has 0 aliphatic carbocycles. The van der Waals surface area contributed by atoms with E-state index in [1.54, 1.807) is 18.2 Å². The minimum Gasteiger partial charge on any atom is -0.445 e. The molecular formula is C18H21N3O4. The summed E-state index contributed by atoms with van der Waals surface area (Å²) in [4.78, 5) is 41.4. The number of nitrogens with zero attached hydrogens (tertiary/aromatic N) is 2. The number of piperidine rings is 1. The fourth-order valence-corrected chi connectivity index (χ4v) is 4.16. The summed E-state index contributed by atoms with van der Waals surface area (Å²) >= 11 is 0. The Morgan fingerprint density at radius 3 is 2.52 bits per heavy atom. The van der Waals surface area contributed by atoms with E-state index in [1.165, 1.54) is 6.92 Å². The number of nitrogens with one attached hydrogen (secondary N) is 1. The fourth-order valence-electron chi connectivity index (χ4n) is 4.16. The summed E-state index contributed by atoms with van der Waals surface area (Å²) in [6.07, 6.45) is 3.01. The third kappa shape index (κ3) is 2.68. The van der Waals surface area contributed by atoms with Gasteiger partial charge in [-0.1, -0.05) is 0 Å². The summed E-state index contributed by atoms with van der Waals surface area (Å²) in [7, 11) is 2.12. The van der Waals surface area contributed by atoms with Crippen LogP contribution in [0.3, 0.4) is 0 Å². The molecule has 2 atom stereocenters. The molecule has 7 nitrogen and oxygen atoms in total. The number of fused-ring (bicyclic) bond motifs is 3. The number of aromatic amines is 1. The summed E-state index contributed by atoms with van der Waals surface area (Å²) in [6, 6.07) is 5.70. The highest BCUT2D eigenvalue weighted by Gasteiger charge is 2.40. The van der Waals surface area contributed by atoms with E-state index in [1.807, 2.05) is 0 Å². The molecule has 1 aromatic heterocycles. The van der Waals surface area contributed by atoms with Crippen LogP contribution >= 0.6 is 0 Å². The van der Waals surface area contributed by atoms with Gasteiger partial charge in [0.25, 0.3) is 0 Å². The first kappa shape index (κ1) is 16.1. The molecule has 2 aliphatic rings. The fraction of sp³-hybridized carbons (Fsp3) is 0.500. The maximum atomic E-state index is 12.6. The van der Waals surface area contributed by atoms with Crippen molar-refractivity contribution in [3.05, 3.63) is 34.2 Å². The van der Waals surface area contributed by atoms with Gasteiger partial charge in [0.1, 0.15) is 6.10 Å². The molecule has 2 bridgehead atoms. The Labute approximate surface area is 144 Å². The van der Waals surface area contributed by atoms with Crippen LogP contribution in [0.4, 0.5) is 4.79 Å². The first-order chi connectivity index (χ1) is 11.9. The number of H-pyrrole nitrogens is 1. The zero-order valence-electron chi connectivity index (χ0n) is 14.3. The topological polar surface area (TPSA) is 84.4 Å². The molecule has 2 unspecified atom stereocenters. The molecule has 132 valence electrons. The van der Waals surface area contributed by atoms with Gasteiger partial charge in [-0.2, -0.15) is 4.57 Å². The van der Waals surface area contributed by atoms with Crippen LogP contribution in [-0.4, -0.2) is 51.6 Å². The predicted octanol–water partition coefficient (Wildman–Crippen LogP) is 2.14. The van der Waals surface area contributed by atoms with Gasteiger partial charge in [0.2, 0.25) is 0 Å². The Morgan fingerprint density at radius 2 is 1.88 bits per heavy atom. The lowest BCUT2D eigenvalue weighted by Gasteiger charge is -2.35. The normalized spacial score (nSPS) is 26.1. The van der Waals surface area contributed by atoms with Crippen LogP contribution in [0.25, 0.3) is 11.0 Å². The standard InChI is InChI=1S/C18H21N3O4/c1-10(22)11-3-6-15-16(7-11)21(17(23)19-15)18(24)25-14-8-12-4-5-13(9-14)20(12)2/h3,6-7,12-14H,4-5,8-9H2,1-2H3,(H,19,23). The zero-order valence-corrected chi connectivity index (χ0v) is 14.3. The highest BCUT2D eigenvalue weighted by molar-refractivity contribution is 5.98. The lowest BCUT2D eigenvalue weighted by atomic mass is 10.0. The van der Waals surface area contributed by atoms with Crippen LogP contribution in [0, 0.1) is 0 Å². The first-order valence-corrected chi connectivity index (χ1v) is 8.62. The molecule has 2 aromatic rings. The summed E-state index contributed by atoms with van der Waals surface area (Å²) in [5, 5.41) is 0. The number of ether oxygens (including phenoxy) is 1. The second kappa shape index (κ2) is 5.84. The van der Waals surface area contributed by atoms with Crippen LogP contribution < -0.4 is 5.69 Å². The van der Waals surface area contributed by atoms with Crippen molar-refractivity contribution in [2.24, 2.45) is 0 Å². The minimum absolute atomic E-state index is 0.123. The number of aromatic nitrogens is 2. The van der Waals surface area contributed by atoms with Gasteiger partial charge in [-0.15, -0.1) is 0 Å². The van der Waals surface area contributed by atoms with Gasteiger partial charge in [-0.3, -0.25) is 4.79 Å². The molecule has 2 aliphatic heterocycles. The SMILES string of the molecule is CC(=O)c1ccc2[nH]c(=O)n(C(=O)OC3CC4CCC(C3)N4C)c2c1. The third-order valence-corrected chi connectivity index (χ3v) is 5.59. The summed E-state index contributed by atoms with van der Waals surface area (Å²) in [6.45, 7) is 1.45. The first-order valence-electron chi connectivity index (χ1n) is 8.62. The second-order valence-corrected chi connectivity index (χ2v) is 7.08. The molecule has 2 fully saturated rings. The van der Waals surface area contributed by atoms with Crippen molar-refractivity contribution < 1.29 is 14.3 Å². The van der Waals surface area contributed by atoms with Crippen molar-refractivity contribution in [3.63, 3.8) is 0 Å². The van der Waals surface area contributed by atoms with Crippen molar-refractivity contribution in [3.8, 4) is 0 Å². The van der Waals surface area contributed by atoms with E-state index in [0.717, 1.165) is 30.3 Å². The predicted molar refractivity (Wildman–Crippen MR) is 92.0 cm³/mol. The van der Waals surface area contributed by atoms with Crippen molar-refractivity contribution in [1.29, 1.82) is 0 Å². The monoisotopic (exact) mass is 343 g/mol. The van der Waals surface area contributed by atoms with E-state index in [9.17, 15) is 14.4 Å². The van der Waals surface area contributed by atoms with Crippen molar-refractivity contribution in [2.45, 2.75) is 50.8 Å². The number of rotatable bonds is 2. The lowest BCUT2D eigenvalue weighted by molar-refractivity contribution is 0.0290. The number of ketones is 1. The van der Waals surface area contributed by atoms with Crippen LogP contribution in [0.5, 0.6) is 0 Å². The number of carbonyl (C=O) groups excluding carboxylic acids is 2. The van der Waals surface area contributed by atoms with E-state index in [0.29, 0.717) is 28.7 Å². The molecule has 1 N–H and O–H groups in total. The molecule has 0 amide bonds. The molecule has 0 spiro atoms. The highest BCUT2D eigenvalue weighted by Crippen LogP contribution is 2.35. The van der Waals surface area contributed by atoms with E-state index < -0.39 is 11.8 Å². The van der Waals surface area contributed by atoms with Crippen LogP contribution in [0.1, 0.15) is 43.0 Å². The third-order valence-electron chi connectivity index (χ3n) is 5.59. The van der Waals surface area contributed by atoms with Crippen molar-refractivity contribution in [2.75, 3.05) is 7.05 Å². The van der Waals surface area contributed by atoms with Gasteiger partial charge in [0.15, 0.2) is 5.78 Å². The molecule has 1 aromatic carbocycles. The lowest BCUT2D eigenvalue weighted by Crippen LogP contribution is -2.44. The zero-order chi connectivity index (χ0) is 17.7. The summed E-state index contributed by atoms with van der Waals surface area (Å²) in [5.74, 6) is -0.123. The maximum absolute atomic E-state index is 12.6. The molecular weight excluding hydrogens is 322 g/mol. The largest absolute Gasteiger partial charge is 0.445 e. The van der Waals surface area contributed by atoms with Crippen molar-refractivity contribution >= 4 is 22.9 Å². The molecule has 0 saturated carbocycles. The smallest absolute Gasteiger partial charge is 0.423 e. The number of Topliss-reactive ketones (excluding diaryl/α,β-unsaturated/α-hetero) is 1. The van der Waals surface area contributed by atoms with Gasteiger partial charge in [0.05, 0.1) is 11.0 Å². The number of benzene rings is 1. The van der Waals surface area contributed by atoms with Gasteiger partial charge >= 0.3 is 11.8 Å². The van der Waals surface area contributed by atoms with Gasteiger partial charge in [-0.05, 0) is 45.0 Å². The van der Waals surface area contributed by atoms with Gasteiger partial charge < -0.3 is 14.6 Å². The molecule has 4 rings (SSSR count). The van der Waals surface area contributed by atoms with E-state index in [-0.39, 0.29) is 11.9 Å². The maximum Gasteiger partial charge on any atom is 0.423 e. The number of imidazole rings is 1. The minimum atomic E-state index is -0.675. The Bertz CT molecular complexity index is 899. The van der Waals surface area contributed by atoms with E-state index in [2.05, 4.69) is 16.9 Å². The quantitative estimate of drug-likeness (QED) is 0.845. The van der Waals surface area contributed by atoms with Crippen LogP contribution in [0.15, 0.2) is 23.0 Å². The molecule has 3 heterocycles. The summed E-state index contributed by atoms with van der Waals surface area (Å²) in [5.41, 5.74) is 0.788. The van der Waals surface area contributed by atoms with Crippen LogP contribution in [0.2, 0.25) is 0 Å². The average Bonchev–Trinajstić information content (AvgIpc) is 2.97. The Balaban J connectivity index is 1.62. The summed E-state index contributed by atoms with van der Waals surface area (Å²) < 4.78 is 6.63. The van der Waals surface area contributed by atoms with E-state index in [4.69, 9.17) is 4.74 Å². The Morgan fingerprint density at radius 1 is 1.20 bits per heavy atom. The number of hydrogen-bond acceptors (Lipinski definition) is 5. The average molecular weight is 343 g/mol. The second-order valence-electron chi connectivity index (χ2n) is 7.08. The number of carbonyl (C=O) groups is 2. The number of hydrogen-bond donors (Lipinski definition) is 1. The van der Waals surface area contributed by atoms with E-state index >= 15 is 0 Å². The molecule has 25 heavy (non-hydrogen) atoms. The van der Waals surface area contributed by atoms with Crippen LogP contribution in [-0.2, 0) is 4.74 Å². The molecule has 2 saturated heterocycles. The molecule has 0 radical (unpaired) electrons. The van der Waals surface area contributed by atoms with Crippen molar-refractivity contribution in [1.82, 2.24) is 14.5 Å². The highest BCUT2D eigenvalue weighted by atomic mass is 16.6. The molecule has 7 heteroatoms. The van der Waals surface area contributed by atoms with Gasteiger partial charge in [0, 0.05) is 30.5 Å². The van der Waals surface area contributed by atoms with Gasteiger partial charge in [-0.25, -0.2) is 9.59 Å². The Kier molecular flexibility index (Phi) is 3.76. The Hall–Kier alpha value is -2.41.